The molecule has 0 aromatic carbocycles. The molecule has 2 aliphatic heterocycles. The molecule has 0 amide bonds. The van der Waals surface area contributed by atoms with E-state index in [1.165, 1.54) is 12.8 Å². The second kappa shape index (κ2) is 5.68. The topological polar surface area (TPSA) is 47.9 Å². The Bertz CT molecular complexity index is 576. The summed E-state index contributed by atoms with van der Waals surface area (Å²) in [5.74, 6) is 0.581. The number of aliphatic hydroxyl groups excluding tert-OH is 1. The predicted molar refractivity (Wildman–Crippen MR) is 101 cm³/mol. The van der Waals surface area contributed by atoms with Gasteiger partial charge in [0, 0.05) is 10.8 Å². The Kier molecular flexibility index (Phi) is 4.19. The minimum absolute atomic E-state index is 0.0389. The second-order valence-corrected chi connectivity index (χ2v) is 10.9. The summed E-state index contributed by atoms with van der Waals surface area (Å²) in [7, 11) is 0. The van der Waals surface area contributed by atoms with Gasteiger partial charge in [-0.25, -0.2) is 0 Å². The van der Waals surface area contributed by atoms with Crippen LogP contribution in [-0.2, 0) is 14.2 Å². The largest absolute Gasteiger partial charge is 0.393 e. The normalized spacial score (nSPS) is 56.2. The molecule has 150 valence electrons. The Morgan fingerprint density at radius 3 is 2.35 bits per heavy atom. The monoisotopic (exact) mass is 366 g/mol. The summed E-state index contributed by atoms with van der Waals surface area (Å²) in [5.41, 5.74) is -0.374. The molecule has 4 heteroatoms. The van der Waals surface area contributed by atoms with Crippen molar-refractivity contribution in [1.29, 1.82) is 0 Å². The standard InChI is InChI=1S/C22H38O4/c1-15-7-8-16-20(5)14-24-18(2,3)25-17(20)9-10-21(16,6)22(15)12-11-19(4,13-23)26-22/h15-17,23H,7-14H2,1-6H3/t15-,16+,17+,19-,20-,21-,22+/m1/s1. The molecule has 4 nitrogen and oxygen atoms in total. The van der Waals surface area contributed by atoms with Crippen molar-refractivity contribution in [2.75, 3.05) is 13.2 Å². The molecule has 4 fully saturated rings. The zero-order chi connectivity index (χ0) is 19.0. The van der Waals surface area contributed by atoms with Gasteiger partial charge >= 0.3 is 0 Å². The van der Waals surface area contributed by atoms with Gasteiger partial charge in [0.1, 0.15) is 0 Å². The lowest BCUT2D eigenvalue weighted by molar-refractivity contribution is -0.358. The molecule has 4 rings (SSSR count). The maximum absolute atomic E-state index is 9.94. The maximum Gasteiger partial charge on any atom is 0.163 e. The van der Waals surface area contributed by atoms with Gasteiger partial charge in [-0.1, -0.05) is 20.8 Å². The first kappa shape index (κ1) is 19.2. The molecule has 0 aromatic heterocycles. The number of hydrogen-bond acceptors (Lipinski definition) is 4. The van der Waals surface area contributed by atoms with Crippen LogP contribution in [0.15, 0.2) is 0 Å². The lowest BCUT2D eigenvalue weighted by atomic mass is 9.43. The SMILES string of the molecule is C[C@@H]1CC[C@H]2[C@@]3(C)COC(C)(C)O[C@H]3CC[C@@]2(C)[C@]12CC[C@](C)(CO)O2. The van der Waals surface area contributed by atoms with E-state index in [1.54, 1.807) is 0 Å². The molecule has 2 saturated carbocycles. The van der Waals surface area contributed by atoms with Crippen LogP contribution in [0.4, 0.5) is 0 Å². The van der Waals surface area contributed by atoms with Crippen LogP contribution in [-0.4, -0.2) is 41.4 Å². The van der Waals surface area contributed by atoms with Crippen molar-refractivity contribution >= 4 is 0 Å². The molecule has 0 aromatic rings. The van der Waals surface area contributed by atoms with E-state index in [0.29, 0.717) is 11.8 Å². The van der Waals surface area contributed by atoms with E-state index in [-0.39, 0.29) is 29.1 Å². The number of ether oxygens (including phenoxy) is 3. The van der Waals surface area contributed by atoms with Crippen LogP contribution in [0.25, 0.3) is 0 Å². The minimum Gasteiger partial charge on any atom is -0.393 e. The lowest BCUT2D eigenvalue weighted by Gasteiger charge is -2.67. The molecular formula is C22H38O4. The van der Waals surface area contributed by atoms with Crippen LogP contribution >= 0.6 is 0 Å². The highest BCUT2D eigenvalue weighted by molar-refractivity contribution is 5.17. The Balaban J connectivity index is 1.71. The summed E-state index contributed by atoms with van der Waals surface area (Å²) in [4.78, 5) is 0. The summed E-state index contributed by atoms with van der Waals surface area (Å²) in [5, 5.41) is 9.94. The zero-order valence-corrected chi connectivity index (χ0v) is 17.6. The van der Waals surface area contributed by atoms with Crippen molar-refractivity contribution in [2.24, 2.45) is 22.7 Å². The molecule has 0 bridgehead atoms. The number of aliphatic hydroxyl groups is 1. The van der Waals surface area contributed by atoms with E-state index in [0.717, 1.165) is 32.3 Å². The third-order valence-electron chi connectivity index (χ3n) is 8.82. The van der Waals surface area contributed by atoms with Crippen LogP contribution in [0.2, 0.25) is 0 Å². The van der Waals surface area contributed by atoms with Crippen LogP contribution in [0.1, 0.15) is 80.1 Å². The Morgan fingerprint density at radius 2 is 1.69 bits per heavy atom. The van der Waals surface area contributed by atoms with Crippen molar-refractivity contribution < 1.29 is 19.3 Å². The van der Waals surface area contributed by atoms with Crippen molar-refractivity contribution in [3.8, 4) is 0 Å². The van der Waals surface area contributed by atoms with Crippen molar-refractivity contribution in [3.63, 3.8) is 0 Å². The quantitative estimate of drug-likeness (QED) is 0.752. The van der Waals surface area contributed by atoms with Gasteiger partial charge in [-0.15, -0.1) is 0 Å². The van der Waals surface area contributed by atoms with Crippen molar-refractivity contribution in [2.45, 2.75) is 103 Å². The van der Waals surface area contributed by atoms with Gasteiger partial charge in [-0.2, -0.15) is 0 Å². The summed E-state index contributed by atoms with van der Waals surface area (Å²) < 4.78 is 19.4. The van der Waals surface area contributed by atoms with E-state index in [1.807, 2.05) is 13.8 Å². The molecule has 4 aliphatic rings. The van der Waals surface area contributed by atoms with E-state index in [4.69, 9.17) is 14.2 Å². The molecule has 1 spiro atoms. The molecule has 2 aliphatic carbocycles. The highest BCUT2D eigenvalue weighted by Gasteiger charge is 2.69. The molecule has 26 heavy (non-hydrogen) atoms. The molecule has 0 unspecified atom stereocenters. The van der Waals surface area contributed by atoms with E-state index >= 15 is 0 Å². The summed E-state index contributed by atoms with van der Waals surface area (Å²) >= 11 is 0. The van der Waals surface area contributed by atoms with Gasteiger partial charge in [-0.05, 0) is 71.1 Å². The van der Waals surface area contributed by atoms with Crippen molar-refractivity contribution in [1.82, 2.24) is 0 Å². The number of fused-ring (bicyclic) bond motifs is 4. The van der Waals surface area contributed by atoms with Crippen LogP contribution < -0.4 is 0 Å². The smallest absolute Gasteiger partial charge is 0.163 e. The third-order valence-corrected chi connectivity index (χ3v) is 8.82. The Morgan fingerprint density at radius 1 is 0.962 bits per heavy atom. The fourth-order valence-corrected chi connectivity index (χ4v) is 7.20. The van der Waals surface area contributed by atoms with Gasteiger partial charge in [0.05, 0.1) is 30.5 Å². The average Bonchev–Trinajstić information content (AvgIpc) is 2.94. The van der Waals surface area contributed by atoms with Gasteiger partial charge in [0.25, 0.3) is 0 Å². The highest BCUT2D eigenvalue weighted by Crippen LogP contribution is 2.68. The van der Waals surface area contributed by atoms with Gasteiger partial charge in [0.2, 0.25) is 0 Å². The first-order valence-electron chi connectivity index (χ1n) is 10.6. The highest BCUT2D eigenvalue weighted by atomic mass is 16.7. The lowest BCUT2D eigenvalue weighted by Crippen LogP contribution is -2.68. The summed E-state index contributed by atoms with van der Waals surface area (Å²) in [6.45, 7) is 14.3. The summed E-state index contributed by atoms with van der Waals surface area (Å²) in [6, 6.07) is 0. The van der Waals surface area contributed by atoms with Crippen molar-refractivity contribution in [3.05, 3.63) is 0 Å². The van der Waals surface area contributed by atoms with E-state index in [2.05, 4.69) is 27.7 Å². The number of hydrogen-bond donors (Lipinski definition) is 1. The Labute approximate surface area is 159 Å². The molecular weight excluding hydrogens is 328 g/mol. The van der Waals surface area contributed by atoms with Crippen LogP contribution in [0.5, 0.6) is 0 Å². The average molecular weight is 367 g/mol. The van der Waals surface area contributed by atoms with Crippen LogP contribution in [0, 0.1) is 22.7 Å². The third kappa shape index (κ3) is 2.41. The zero-order valence-electron chi connectivity index (χ0n) is 17.6. The summed E-state index contributed by atoms with van der Waals surface area (Å²) in [6.07, 6.45) is 6.90. The fraction of sp³-hybridized carbons (Fsp3) is 1.00. The van der Waals surface area contributed by atoms with Gasteiger partial charge in [-0.3, -0.25) is 0 Å². The van der Waals surface area contributed by atoms with Gasteiger partial charge in [0.15, 0.2) is 5.79 Å². The minimum atomic E-state index is -0.475. The first-order chi connectivity index (χ1) is 12.0. The second-order valence-electron chi connectivity index (χ2n) is 10.9. The molecule has 7 atom stereocenters. The Hall–Kier alpha value is -0.160. The molecule has 1 N–H and O–H groups in total. The number of rotatable bonds is 1. The molecule has 2 saturated heterocycles. The fourth-order valence-electron chi connectivity index (χ4n) is 7.20. The first-order valence-corrected chi connectivity index (χ1v) is 10.6. The van der Waals surface area contributed by atoms with Gasteiger partial charge < -0.3 is 19.3 Å². The van der Waals surface area contributed by atoms with Crippen LogP contribution in [0.3, 0.4) is 0 Å². The van der Waals surface area contributed by atoms with E-state index in [9.17, 15) is 5.11 Å². The van der Waals surface area contributed by atoms with E-state index < -0.39 is 11.4 Å². The predicted octanol–water partition coefficient (Wildman–Crippen LogP) is 4.29. The maximum atomic E-state index is 9.94. The molecule has 2 heterocycles. The molecule has 0 radical (unpaired) electrons.